The summed E-state index contributed by atoms with van der Waals surface area (Å²) in [6.07, 6.45) is 0. The molecule has 0 bridgehead atoms. The van der Waals surface area contributed by atoms with Gasteiger partial charge in [0.05, 0.1) is 22.4 Å². The van der Waals surface area contributed by atoms with Crippen LogP contribution >= 0.6 is 0 Å². The quantitative estimate of drug-likeness (QED) is 0.198. The molecule has 0 atom stereocenters. The smallest absolute Gasteiger partial charge is 0.235 e. The molecule has 0 aliphatic heterocycles. The third kappa shape index (κ3) is 3.88. The van der Waals surface area contributed by atoms with Gasteiger partial charge in [-0.25, -0.2) is 9.97 Å². The van der Waals surface area contributed by atoms with E-state index < -0.39 is 0 Å². The second kappa shape index (κ2) is 9.97. The molecule has 7 aromatic carbocycles. The number of fused-ring (bicyclic) bond motifs is 8. The second-order valence-electron chi connectivity index (χ2n) is 13.5. The molecule has 226 valence electrons. The lowest BCUT2D eigenvalue weighted by molar-refractivity contribution is 0.657. The van der Waals surface area contributed by atoms with Gasteiger partial charge in [0.2, 0.25) is 5.95 Å². The van der Waals surface area contributed by atoms with Crippen molar-refractivity contribution in [3.63, 3.8) is 0 Å². The van der Waals surface area contributed by atoms with Crippen LogP contribution in [0.2, 0.25) is 0 Å². The highest BCUT2D eigenvalue weighted by atomic mass is 15.2. The van der Waals surface area contributed by atoms with E-state index in [1.807, 2.05) is 0 Å². The average Bonchev–Trinajstić information content (AvgIpc) is 3.56. The van der Waals surface area contributed by atoms with Crippen molar-refractivity contribution in [3.05, 3.63) is 163 Å². The van der Waals surface area contributed by atoms with E-state index in [9.17, 15) is 0 Å². The molecule has 0 saturated heterocycles. The van der Waals surface area contributed by atoms with Gasteiger partial charge in [-0.1, -0.05) is 135 Å². The molecule has 0 amide bonds. The van der Waals surface area contributed by atoms with E-state index in [1.54, 1.807) is 0 Å². The largest absolute Gasteiger partial charge is 0.278 e. The number of rotatable bonds is 3. The Kier molecular flexibility index (Phi) is 5.63. The Hall–Kier alpha value is -6.06. The molecule has 2 heterocycles. The molecule has 1 aliphatic carbocycles. The van der Waals surface area contributed by atoms with Gasteiger partial charge in [-0.3, -0.25) is 4.57 Å². The van der Waals surface area contributed by atoms with Crippen LogP contribution in [0, 0.1) is 0 Å². The summed E-state index contributed by atoms with van der Waals surface area (Å²) in [7, 11) is 0. The lowest BCUT2D eigenvalue weighted by Gasteiger charge is -2.24. The number of aromatic nitrogens is 3. The Morgan fingerprint density at radius 1 is 0.458 bits per heavy atom. The van der Waals surface area contributed by atoms with Gasteiger partial charge in [0, 0.05) is 32.9 Å². The Balaban J connectivity index is 1.32. The first-order chi connectivity index (χ1) is 23.5. The first kappa shape index (κ1) is 27.1. The Morgan fingerprint density at radius 2 is 0.958 bits per heavy atom. The molecule has 0 unspecified atom stereocenters. The minimum absolute atomic E-state index is 0.299. The monoisotopic (exact) mass is 613 g/mol. The van der Waals surface area contributed by atoms with Crippen LogP contribution in [0.15, 0.2) is 152 Å². The Bertz CT molecular complexity index is 2640. The van der Waals surface area contributed by atoms with Gasteiger partial charge in [-0.05, 0) is 68.6 Å². The van der Waals surface area contributed by atoms with Crippen LogP contribution in [0.5, 0.6) is 0 Å². The van der Waals surface area contributed by atoms with Crippen LogP contribution in [0.3, 0.4) is 0 Å². The van der Waals surface area contributed by atoms with Gasteiger partial charge in [0.1, 0.15) is 0 Å². The summed E-state index contributed by atoms with van der Waals surface area (Å²) in [5.74, 6) is 0.689. The van der Waals surface area contributed by atoms with Crippen molar-refractivity contribution < 1.29 is 0 Å². The molecule has 2 aromatic heterocycles. The van der Waals surface area contributed by atoms with Gasteiger partial charge in [-0.15, -0.1) is 0 Å². The highest BCUT2D eigenvalue weighted by Crippen LogP contribution is 2.52. The lowest BCUT2D eigenvalue weighted by Crippen LogP contribution is -2.18. The zero-order valence-corrected chi connectivity index (χ0v) is 26.8. The molecular weight excluding hydrogens is 583 g/mol. The minimum atomic E-state index is -0.299. The van der Waals surface area contributed by atoms with E-state index in [0.717, 1.165) is 28.0 Å². The fourth-order valence-corrected chi connectivity index (χ4v) is 7.96. The fraction of sp³-hybridized carbons (Fsp3) is 0.0667. The highest BCUT2D eigenvalue weighted by Gasteiger charge is 2.40. The van der Waals surface area contributed by atoms with Crippen LogP contribution < -0.4 is 0 Å². The van der Waals surface area contributed by atoms with Crippen molar-refractivity contribution in [2.24, 2.45) is 0 Å². The molecule has 0 spiro atoms. The molecule has 9 aromatic rings. The molecule has 0 radical (unpaired) electrons. The summed E-state index contributed by atoms with van der Waals surface area (Å²) in [5, 5.41) is 7.25. The Morgan fingerprint density at radius 3 is 1.54 bits per heavy atom. The highest BCUT2D eigenvalue weighted by molar-refractivity contribution is 6.16. The summed E-state index contributed by atoms with van der Waals surface area (Å²) in [5.41, 5.74) is 11.1. The molecule has 3 heteroatoms. The van der Waals surface area contributed by atoms with Crippen molar-refractivity contribution in [2.45, 2.75) is 19.3 Å². The third-order valence-corrected chi connectivity index (χ3v) is 10.3. The van der Waals surface area contributed by atoms with E-state index in [4.69, 9.17) is 9.97 Å². The SMILES string of the molecule is CC1(C)c2cc(-c3ccccc3)ccc2-c2nc(-n3c4cc5ccccc5cc4c4cc5ccccc5cc43)nc(-c3ccccc3)c21. The Labute approximate surface area is 278 Å². The number of hydrogen-bond donors (Lipinski definition) is 0. The predicted molar refractivity (Wildman–Crippen MR) is 200 cm³/mol. The summed E-state index contributed by atoms with van der Waals surface area (Å²) < 4.78 is 2.29. The maximum absolute atomic E-state index is 5.53. The first-order valence-corrected chi connectivity index (χ1v) is 16.6. The normalized spacial score (nSPS) is 13.4. The molecule has 3 nitrogen and oxygen atoms in total. The van der Waals surface area contributed by atoms with Crippen molar-refractivity contribution in [1.82, 2.24) is 14.5 Å². The van der Waals surface area contributed by atoms with Crippen LogP contribution in [-0.4, -0.2) is 14.5 Å². The van der Waals surface area contributed by atoms with E-state index in [1.165, 1.54) is 60.1 Å². The molecule has 10 rings (SSSR count). The maximum Gasteiger partial charge on any atom is 0.235 e. The minimum Gasteiger partial charge on any atom is -0.278 e. The predicted octanol–water partition coefficient (Wildman–Crippen LogP) is 11.5. The van der Waals surface area contributed by atoms with Crippen LogP contribution in [0.25, 0.3) is 82.9 Å². The van der Waals surface area contributed by atoms with Gasteiger partial charge >= 0.3 is 0 Å². The summed E-state index contributed by atoms with van der Waals surface area (Å²) >= 11 is 0. The van der Waals surface area contributed by atoms with Crippen molar-refractivity contribution >= 4 is 43.4 Å². The molecule has 1 aliphatic rings. The van der Waals surface area contributed by atoms with Crippen LogP contribution in [-0.2, 0) is 5.41 Å². The summed E-state index contributed by atoms with van der Waals surface area (Å²) in [6.45, 7) is 4.64. The van der Waals surface area contributed by atoms with Crippen molar-refractivity contribution in [3.8, 4) is 39.6 Å². The average molecular weight is 614 g/mol. The van der Waals surface area contributed by atoms with Crippen LogP contribution in [0.4, 0.5) is 0 Å². The fourth-order valence-electron chi connectivity index (χ4n) is 7.96. The van der Waals surface area contributed by atoms with E-state index in [-0.39, 0.29) is 5.41 Å². The summed E-state index contributed by atoms with van der Waals surface area (Å²) in [6, 6.07) is 54.6. The van der Waals surface area contributed by atoms with Gasteiger partial charge in [0.25, 0.3) is 0 Å². The zero-order valence-electron chi connectivity index (χ0n) is 26.8. The first-order valence-electron chi connectivity index (χ1n) is 16.6. The number of benzene rings is 7. The van der Waals surface area contributed by atoms with E-state index in [2.05, 4.69) is 170 Å². The maximum atomic E-state index is 5.53. The van der Waals surface area contributed by atoms with E-state index in [0.29, 0.717) is 5.95 Å². The van der Waals surface area contributed by atoms with E-state index >= 15 is 0 Å². The standard InChI is InChI=1S/C45H31N3/c1-45(2)38-25-34(28-13-5-3-6-14-28)21-22-35(38)43-41(45)42(29-15-7-4-8-16-29)46-44(47-43)48-39-26-32-19-11-9-17-30(32)23-36(39)37-24-31-18-10-12-20-33(31)27-40(37)48/h3-27H,1-2H3. The molecule has 0 fully saturated rings. The van der Waals surface area contributed by atoms with Gasteiger partial charge in [-0.2, -0.15) is 0 Å². The van der Waals surface area contributed by atoms with Gasteiger partial charge < -0.3 is 0 Å². The van der Waals surface area contributed by atoms with Crippen LogP contribution in [0.1, 0.15) is 25.0 Å². The third-order valence-electron chi connectivity index (χ3n) is 10.3. The molecule has 0 N–H and O–H groups in total. The molecule has 0 saturated carbocycles. The lowest BCUT2D eigenvalue weighted by atomic mass is 9.80. The summed E-state index contributed by atoms with van der Waals surface area (Å²) in [4.78, 5) is 11.1. The van der Waals surface area contributed by atoms with Crippen molar-refractivity contribution in [2.75, 3.05) is 0 Å². The number of nitrogens with zero attached hydrogens (tertiary/aromatic N) is 3. The molecule has 48 heavy (non-hydrogen) atoms. The molecular formula is C45H31N3. The van der Waals surface area contributed by atoms with Crippen molar-refractivity contribution in [1.29, 1.82) is 0 Å². The van der Waals surface area contributed by atoms with Gasteiger partial charge in [0.15, 0.2) is 0 Å². The topological polar surface area (TPSA) is 30.7 Å². The second-order valence-corrected chi connectivity index (χ2v) is 13.5. The number of hydrogen-bond acceptors (Lipinski definition) is 2. The zero-order chi connectivity index (χ0) is 32.0.